The van der Waals surface area contributed by atoms with Crippen molar-refractivity contribution in [2.24, 2.45) is 0 Å². The molecule has 0 spiro atoms. The Morgan fingerprint density at radius 3 is 2.17 bits per heavy atom. The number of hydrogen-bond donors (Lipinski definition) is 1. The molecular formula is C16H14FN3O2S. The Morgan fingerprint density at radius 2 is 1.52 bits per heavy atom. The van der Waals surface area contributed by atoms with E-state index in [0.29, 0.717) is 16.7 Å². The molecule has 0 amide bonds. The molecule has 0 saturated heterocycles. The number of nitrogens with one attached hydrogen (secondary N) is 1. The van der Waals surface area contributed by atoms with Gasteiger partial charge in [0.25, 0.3) is 10.0 Å². The van der Waals surface area contributed by atoms with E-state index in [-0.39, 0.29) is 4.90 Å². The first kappa shape index (κ1) is 15.4. The molecule has 3 rings (SSSR count). The number of hydrogen-bond acceptors (Lipinski definition) is 4. The highest BCUT2D eigenvalue weighted by atomic mass is 32.2. The molecule has 0 aliphatic rings. The van der Waals surface area contributed by atoms with Gasteiger partial charge in [-0.1, -0.05) is 0 Å². The van der Waals surface area contributed by atoms with Crippen molar-refractivity contribution >= 4 is 26.7 Å². The molecule has 118 valence electrons. The minimum atomic E-state index is -3.78. The first-order chi connectivity index (χ1) is 10.8. The normalized spacial score (nSPS) is 11.6. The molecule has 0 aliphatic carbocycles. The number of rotatable bonds is 3. The van der Waals surface area contributed by atoms with E-state index in [1.807, 2.05) is 13.8 Å². The number of aryl methyl sites for hydroxylation is 2. The minimum Gasteiger partial charge on any atom is -0.280 e. The molecule has 7 heteroatoms. The fraction of sp³-hybridized carbons (Fsp3) is 0.125. The van der Waals surface area contributed by atoms with Crippen LogP contribution in [0.15, 0.2) is 47.4 Å². The van der Waals surface area contributed by atoms with E-state index < -0.39 is 15.8 Å². The van der Waals surface area contributed by atoms with Crippen LogP contribution in [0.3, 0.4) is 0 Å². The summed E-state index contributed by atoms with van der Waals surface area (Å²) in [7, 11) is -3.78. The highest BCUT2D eigenvalue weighted by Crippen LogP contribution is 2.21. The SMILES string of the molecule is Cc1nc2ccc(NS(=O)(=O)c3ccc(F)cc3)cc2nc1C. The van der Waals surface area contributed by atoms with Gasteiger partial charge in [0.15, 0.2) is 0 Å². The van der Waals surface area contributed by atoms with E-state index in [4.69, 9.17) is 0 Å². The third-order valence-corrected chi connectivity index (χ3v) is 4.85. The Hall–Kier alpha value is -2.54. The van der Waals surface area contributed by atoms with Crippen molar-refractivity contribution in [2.75, 3.05) is 4.72 Å². The zero-order valence-electron chi connectivity index (χ0n) is 12.5. The Morgan fingerprint density at radius 1 is 0.913 bits per heavy atom. The zero-order chi connectivity index (χ0) is 16.6. The van der Waals surface area contributed by atoms with Gasteiger partial charge < -0.3 is 0 Å². The number of anilines is 1. The smallest absolute Gasteiger partial charge is 0.261 e. The van der Waals surface area contributed by atoms with Crippen molar-refractivity contribution < 1.29 is 12.8 Å². The van der Waals surface area contributed by atoms with Crippen LogP contribution in [0.1, 0.15) is 11.4 Å². The van der Waals surface area contributed by atoms with Crippen molar-refractivity contribution in [2.45, 2.75) is 18.7 Å². The Bertz CT molecular complexity index is 986. The Kier molecular flexibility index (Phi) is 3.73. The number of benzene rings is 2. The fourth-order valence-electron chi connectivity index (χ4n) is 2.12. The molecule has 1 N–H and O–H groups in total. The second-order valence-electron chi connectivity index (χ2n) is 5.16. The summed E-state index contributed by atoms with van der Waals surface area (Å²) < 4.78 is 40.0. The number of sulfonamides is 1. The van der Waals surface area contributed by atoms with Gasteiger partial charge >= 0.3 is 0 Å². The lowest BCUT2D eigenvalue weighted by Crippen LogP contribution is -2.13. The first-order valence-corrected chi connectivity index (χ1v) is 8.37. The minimum absolute atomic E-state index is 0.00910. The molecule has 0 radical (unpaired) electrons. The van der Waals surface area contributed by atoms with Crippen LogP contribution < -0.4 is 4.72 Å². The molecule has 0 bridgehead atoms. The van der Waals surface area contributed by atoms with Crippen molar-refractivity contribution in [3.63, 3.8) is 0 Å². The second kappa shape index (κ2) is 5.58. The predicted molar refractivity (Wildman–Crippen MR) is 86.2 cm³/mol. The van der Waals surface area contributed by atoms with Gasteiger partial charge in [-0.25, -0.2) is 22.8 Å². The number of fused-ring (bicyclic) bond motifs is 1. The zero-order valence-corrected chi connectivity index (χ0v) is 13.4. The molecule has 3 aromatic rings. The molecule has 2 aromatic carbocycles. The van der Waals surface area contributed by atoms with E-state index in [0.717, 1.165) is 23.5 Å². The highest BCUT2D eigenvalue weighted by molar-refractivity contribution is 7.92. The molecule has 5 nitrogen and oxygen atoms in total. The third-order valence-electron chi connectivity index (χ3n) is 3.45. The summed E-state index contributed by atoms with van der Waals surface area (Å²) in [6.07, 6.45) is 0. The van der Waals surface area contributed by atoms with Gasteiger partial charge in [-0.15, -0.1) is 0 Å². The summed E-state index contributed by atoms with van der Waals surface area (Å²) in [5.41, 5.74) is 3.29. The number of aromatic nitrogens is 2. The van der Waals surface area contributed by atoms with E-state index >= 15 is 0 Å². The van der Waals surface area contributed by atoms with Gasteiger partial charge in [0, 0.05) is 0 Å². The van der Waals surface area contributed by atoms with Crippen LogP contribution >= 0.6 is 0 Å². The molecule has 0 aliphatic heterocycles. The second-order valence-corrected chi connectivity index (χ2v) is 6.84. The summed E-state index contributed by atoms with van der Waals surface area (Å²) in [5, 5.41) is 0. The van der Waals surface area contributed by atoms with Gasteiger partial charge in [0.05, 0.1) is 33.0 Å². The lowest BCUT2D eigenvalue weighted by Gasteiger charge is -2.09. The third kappa shape index (κ3) is 3.14. The average molecular weight is 331 g/mol. The number of halogens is 1. The maximum atomic E-state index is 12.9. The van der Waals surface area contributed by atoms with Crippen LogP contribution in [-0.4, -0.2) is 18.4 Å². The van der Waals surface area contributed by atoms with Crippen LogP contribution in [0, 0.1) is 19.7 Å². The van der Waals surface area contributed by atoms with Crippen LogP contribution in [0.2, 0.25) is 0 Å². The van der Waals surface area contributed by atoms with Gasteiger partial charge in [-0.3, -0.25) is 4.72 Å². The molecule has 0 atom stereocenters. The van der Waals surface area contributed by atoms with E-state index in [1.165, 1.54) is 12.1 Å². The molecule has 0 saturated carbocycles. The van der Waals surface area contributed by atoms with Crippen LogP contribution in [-0.2, 0) is 10.0 Å². The maximum Gasteiger partial charge on any atom is 0.261 e. The monoisotopic (exact) mass is 331 g/mol. The summed E-state index contributed by atoms with van der Waals surface area (Å²) in [6, 6.07) is 9.58. The summed E-state index contributed by atoms with van der Waals surface area (Å²) >= 11 is 0. The summed E-state index contributed by atoms with van der Waals surface area (Å²) in [6.45, 7) is 3.71. The molecule has 1 heterocycles. The lowest BCUT2D eigenvalue weighted by atomic mass is 10.2. The number of nitrogens with zero attached hydrogens (tertiary/aromatic N) is 2. The molecule has 0 unspecified atom stereocenters. The van der Waals surface area contributed by atoms with E-state index in [1.54, 1.807) is 18.2 Å². The summed E-state index contributed by atoms with van der Waals surface area (Å²) in [5.74, 6) is -0.490. The molecule has 23 heavy (non-hydrogen) atoms. The van der Waals surface area contributed by atoms with Crippen molar-refractivity contribution in [3.05, 3.63) is 59.7 Å². The van der Waals surface area contributed by atoms with E-state index in [9.17, 15) is 12.8 Å². The maximum absolute atomic E-state index is 12.9. The largest absolute Gasteiger partial charge is 0.280 e. The fourth-order valence-corrected chi connectivity index (χ4v) is 3.17. The lowest BCUT2D eigenvalue weighted by molar-refractivity contribution is 0.599. The quantitative estimate of drug-likeness (QED) is 0.800. The van der Waals surface area contributed by atoms with Gasteiger partial charge in [-0.05, 0) is 56.3 Å². The first-order valence-electron chi connectivity index (χ1n) is 6.88. The van der Waals surface area contributed by atoms with Crippen LogP contribution in [0.5, 0.6) is 0 Å². The van der Waals surface area contributed by atoms with Crippen molar-refractivity contribution in [1.29, 1.82) is 0 Å². The van der Waals surface area contributed by atoms with Crippen LogP contribution in [0.4, 0.5) is 10.1 Å². The standard InChI is InChI=1S/C16H14FN3O2S/c1-10-11(2)19-16-9-13(5-8-15(16)18-10)20-23(21,22)14-6-3-12(17)4-7-14/h3-9,20H,1-2H3. The van der Waals surface area contributed by atoms with Gasteiger partial charge in [0.2, 0.25) is 0 Å². The average Bonchev–Trinajstić information content (AvgIpc) is 2.49. The highest BCUT2D eigenvalue weighted by Gasteiger charge is 2.14. The van der Waals surface area contributed by atoms with Crippen molar-refractivity contribution in [3.8, 4) is 0 Å². The Balaban J connectivity index is 1.97. The molecule has 1 aromatic heterocycles. The molecule has 0 fully saturated rings. The Labute approximate surface area is 133 Å². The van der Waals surface area contributed by atoms with Gasteiger partial charge in [0.1, 0.15) is 5.82 Å². The van der Waals surface area contributed by atoms with Gasteiger partial charge in [-0.2, -0.15) is 0 Å². The van der Waals surface area contributed by atoms with Crippen molar-refractivity contribution in [1.82, 2.24) is 9.97 Å². The van der Waals surface area contributed by atoms with E-state index in [2.05, 4.69) is 14.7 Å². The predicted octanol–water partition coefficient (Wildman–Crippen LogP) is 3.19. The topological polar surface area (TPSA) is 72.0 Å². The molecular weight excluding hydrogens is 317 g/mol. The summed E-state index contributed by atoms with van der Waals surface area (Å²) in [4.78, 5) is 8.79. The van der Waals surface area contributed by atoms with Crippen LogP contribution in [0.25, 0.3) is 11.0 Å².